The highest BCUT2D eigenvalue weighted by molar-refractivity contribution is 5.87. The van der Waals surface area contributed by atoms with Gasteiger partial charge in [-0.1, -0.05) is 12.7 Å². The van der Waals surface area contributed by atoms with Crippen LogP contribution in [-0.4, -0.2) is 17.0 Å². The lowest BCUT2D eigenvalue weighted by molar-refractivity contribution is -0.135. The lowest BCUT2D eigenvalue weighted by Gasteiger charge is -2.06. The number of ether oxygens (including phenoxy) is 1. The summed E-state index contributed by atoms with van der Waals surface area (Å²) in [4.78, 5) is 19.7. The fraction of sp³-hybridized carbons (Fsp3) is 0.333. The van der Waals surface area contributed by atoms with Crippen LogP contribution in [0.15, 0.2) is 24.5 Å². The van der Waals surface area contributed by atoms with Crippen molar-refractivity contribution in [1.29, 1.82) is 0 Å². The number of rotatable bonds is 2. The first-order valence-corrected chi connectivity index (χ1v) is 3.78. The number of aliphatic carboxylic acids is 1. The summed E-state index contributed by atoms with van der Waals surface area (Å²) >= 11 is 0. The third-order valence-corrected chi connectivity index (χ3v) is 1.33. The van der Waals surface area contributed by atoms with E-state index in [4.69, 9.17) is 5.11 Å². The summed E-state index contributed by atoms with van der Waals surface area (Å²) in [6.07, 6.45) is 4.54. The van der Waals surface area contributed by atoms with Crippen molar-refractivity contribution in [3.63, 3.8) is 0 Å². The van der Waals surface area contributed by atoms with Gasteiger partial charge >= 0.3 is 11.9 Å². The molecule has 0 heterocycles. The fourth-order valence-electron chi connectivity index (χ4n) is 0.600. The number of carbonyl (C=O) groups is 2. The van der Waals surface area contributed by atoms with Crippen LogP contribution >= 0.6 is 0 Å². The molecule has 0 saturated heterocycles. The minimum atomic E-state index is -0.758. The molecule has 0 atom stereocenters. The van der Waals surface area contributed by atoms with Gasteiger partial charge in [0.1, 0.15) is 0 Å². The van der Waals surface area contributed by atoms with E-state index in [2.05, 4.69) is 11.3 Å². The first kappa shape index (κ1) is 11.4. The van der Waals surface area contributed by atoms with E-state index in [1.165, 1.54) is 6.92 Å². The first-order valence-electron chi connectivity index (χ1n) is 3.78. The maximum atomic E-state index is 9.91. The van der Waals surface area contributed by atoms with Crippen molar-refractivity contribution in [1.82, 2.24) is 0 Å². The van der Waals surface area contributed by atoms with E-state index in [9.17, 15) is 9.59 Å². The van der Waals surface area contributed by atoms with Gasteiger partial charge in [0.15, 0.2) is 0 Å². The number of esters is 1. The molecule has 1 N–H and O–H groups in total. The molecule has 0 aromatic rings. The van der Waals surface area contributed by atoms with Crippen LogP contribution in [0.25, 0.3) is 0 Å². The maximum Gasteiger partial charge on any atom is 0.331 e. The van der Waals surface area contributed by atoms with Crippen LogP contribution in [0, 0.1) is 0 Å². The Kier molecular flexibility index (Phi) is 5.27. The van der Waals surface area contributed by atoms with Gasteiger partial charge in [-0.2, -0.15) is 0 Å². The highest BCUT2D eigenvalue weighted by Crippen LogP contribution is 2.16. The highest BCUT2D eigenvalue weighted by Gasteiger charge is 2.11. The zero-order valence-corrected chi connectivity index (χ0v) is 7.45. The summed E-state index contributed by atoms with van der Waals surface area (Å²) < 4.78 is 4.17. The number of carbonyl (C=O) groups excluding carboxylic acids is 1. The Hall–Kier alpha value is -1.58. The van der Waals surface area contributed by atoms with Gasteiger partial charge in [0.05, 0.1) is 6.26 Å². The van der Waals surface area contributed by atoms with Crippen LogP contribution in [0.3, 0.4) is 0 Å². The minimum Gasteiger partial charge on any atom is -0.478 e. The predicted octanol–water partition coefficient (Wildman–Crippen LogP) is 1.48. The summed E-state index contributed by atoms with van der Waals surface area (Å²) in [6, 6.07) is 0. The average Bonchev–Trinajstić information content (AvgIpc) is 1.81. The number of hydrogen-bond acceptors (Lipinski definition) is 3. The molecule has 1 aliphatic carbocycles. The summed E-state index contributed by atoms with van der Waals surface area (Å²) in [5.74, 6) is -1.09. The molecule has 1 aliphatic rings. The quantitative estimate of drug-likeness (QED) is 0.521. The smallest absolute Gasteiger partial charge is 0.331 e. The molecule has 0 spiro atoms. The number of carboxylic acids is 1. The highest BCUT2D eigenvalue weighted by atomic mass is 16.5. The second kappa shape index (κ2) is 5.99. The summed E-state index contributed by atoms with van der Waals surface area (Å²) in [5.41, 5.74) is 0.569. The van der Waals surface area contributed by atoms with Gasteiger partial charge in [-0.15, -0.1) is 0 Å². The van der Waals surface area contributed by atoms with Crippen molar-refractivity contribution in [2.75, 3.05) is 0 Å². The van der Waals surface area contributed by atoms with Crippen molar-refractivity contribution in [2.45, 2.75) is 19.8 Å². The van der Waals surface area contributed by atoms with Crippen LogP contribution in [0.1, 0.15) is 19.8 Å². The topological polar surface area (TPSA) is 63.6 Å². The summed E-state index contributed by atoms with van der Waals surface area (Å²) in [5, 5.41) is 8.16. The molecule has 0 aromatic heterocycles. The van der Waals surface area contributed by atoms with E-state index in [1.54, 1.807) is 6.08 Å². The number of carboxylic acid groups (broad SMARTS) is 1. The van der Waals surface area contributed by atoms with Crippen molar-refractivity contribution >= 4 is 11.9 Å². The third-order valence-electron chi connectivity index (χ3n) is 1.33. The number of allylic oxidation sites excluding steroid dienone is 1. The van der Waals surface area contributed by atoms with Crippen molar-refractivity contribution < 1.29 is 19.4 Å². The molecule has 4 nitrogen and oxygen atoms in total. The second-order valence-corrected chi connectivity index (χ2v) is 2.35. The van der Waals surface area contributed by atoms with Crippen molar-refractivity contribution in [2.24, 2.45) is 0 Å². The zero-order valence-electron chi connectivity index (χ0n) is 7.45. The van der Waals surface area contributed by atoms with Gasteiger partial charge in [0.25, 0.3) is 0 Å². The normalized spacial score (nSPS) is 12.5. The Morgan fingerprint density at radius 2 is 2.23 bits per heavy atom. The Morgan fingerprint density at radius 3 is 2.23 bits per heavy atom. The van der Waals surface area contributed by atoms with E-state index in [0.29, 0.717) is 5.57 Å². The molecular formula is C9H12O4. The molecule has 72 valence electrons. The summed E-state index contributed by atoms with van der Waals surface area (Å²) in [7, 11) is 0. The van der Waals surface area contributed by atoms with Crippen LogP contribution in [0.4, 0.5) is 0 Å². The van der Waals surface area contributed by atoms with Crippen molar-refractivity contribution in [3.8, 4) is 0 Å². The molecule has 0 amide bonds. The summed E-state index contributed by atoms with van der Waals surface area (Å²) in [6.45, 7) is 4.48. The standard InChI is InChI=1S/C5H6O2.C4H6O2/c6-5(7)4-2-1-3-4;1-3-6-4(2)5/h2H,1,3H2,(H,6,7);3H,1H2,2H3. The van der Waals surface area contributed by atoms with E-state index >= 15 is 0 Å². The van der Waals surface area contributed by atoms with Crippen LogP contribution in [0.5, 0.6) is 0 Å². The van der Waals surface area contributed by atoms with Crippen LogP contribution in [0.2, 0.25) is 0 Å². The Bertz CT molecular complexity index is 240. The lowest BCUT2D eigenvalue weighted by atomic mass is 10.00. The Balaban J connectivity index is 0.000000226. The maximum absolute atomic E-state index is 9.91. The number of hydrogen-bond donors (Lipinski definition) is 1. The van der Waals surface area contributed by atoms with Gasteiger partial charge in [0, 0.05) is 12.5 Å². The van der Waals surface area contributed by atoms with Gasteiger partial charge in [-0.25, -0.2) is 4.79 Å². The van der Waals surface area contributed by atoms with Crippen molar-refractivity contribution in [3.05, 3.63) is 24.5 Å². The Labute approximate surface area is 76.5 Å². The molecule has 0 aromatic carbocycles. The van der Waals surface area contributed by atoms with Crippen LogP contribution in [-0.2, 0) is 14.3 Å². The molecule has 0 bridgehead atoms. The molecular weight excluding hydrogens is 172 g/mol. The molecule has 0 unspecified atom stereocenters. The van der Waals surface area contributed by atoms with Gasteiger partial charge in [-0.05, 0) is 12.8 Å². The molecule has 13 heavy (non-hydrogen) atoms. The van der Waals surface area contributed by atoms with Gasteiger partial charge in [0.2, 0.25) is 0 Å². The van der Waals surface area contributed by atoms with Gasteiger partial charge in [-0.3, -0.25) is 4.79 Å². The predicted molar refractivity (Wildman–Crippen MR) is 46.9 cm³/mol. The largest absolute Gasteiger partial charge is 0.478 e. The van der Waals surface area contributed by atoms with E-state index in [1.807, 2.05) is 0 Å². The third kappa shape index (κ3) is 5.66. The molecule has 0 saturated carbocycles. The van der Waals surface area contributed by atoms with Gasteiger partial charge < -0.3 is 9.84 Å². The SMILES string of the molecule is C=COC(C)=O.O=C(O)C1=CCC1. The van der Waals surface area contributed by atoms with E-state index < -0.39 is 5.97 Å². The fourth-order valence-corrected chi connectivity index (χ4v) is 0.600. The molecule has 0 aliphatic heterocycles. The van der Waals surface area contributed by atoms with E-state index in [0.717, 1.165) is 19.1 Å². The van der Waals surface area contributed by atoms with Crippen LogP contribution < -0.4 is 0 Å². The average molecular weight is 184 g/mol. The molecule has 1 rings (SSSR count). The second-order valence-electron chi connectivity index (χ2n) is 2.35. The lowest BCUT2D eigenvalue weighted by Crippen LogP contribution is -2.05. The first-order chi connectivity index (χ1) is 6.07. The van der Waals surface area contributed by atoms with E-state index in [-0.39, 0.29) is 5.97 Å². The monoisotopic (exact) mass is 184 g/mol. The zero-order chi connectivity index (χ0) is 10.3. The minimum absolute atomic E-state index is 0.329. The molecule has 0 radical (unpaired) electrons. The Morgan fingerprint density at radius 1 is 1.69 bits per heavy atom. The molecule has 4 heteroatoms. The molecule has 0 fully saturated rings.